The summed E-state index contributed by atoms with van der Waals surface area (Å²) in [5, 5.41) is 0. The van der Waals surface area contributed by atoms with Crippen molar-refractivity contribution in [1.29, 1.82) is 0 Å². The SMILES string of the molecule is COC(=O)C1=C(C)N=c2s/c(=C/c3ccco3)c(=O)n2C1c1ccc(OC(C)=O)cc1. The molecule has 8 nitrogen and oxygen atoms in total. The van der Waals surface area contributed by atoms with Gasteiger partial charge < -0.3 is 13.9 Å². The van der Waals surface area contributed by atoms with Crippen LogP contribution in [0.3, 0.4) is 0 Å². The van der Waals surface area contributed by atoms with E-state index in [1.807, 2.05) is 0 Å². The molecule has 0 fully saturated rings. The molecule has 158 valence electrons. The second kappa shape index (κ2) is 8.19. The quantitative estimate of drug-likeness (QED) is 0.456. The monoisotopic (exact) mass is 438 g/mol. The normalized spacial score (nSPS) is 16.0. The molecule has 0 radical (unpaired) electrons. The van der Waals surface area contributed by atoms with Crippen molar-refractivity contribution in [3.8, 4) is 5.75 Å². The average molecular weight is 438 g/mol. The molecule has 3 heterocycles. The number of carbonyl (C=O) groups is 2. The van der Waals surface area contributed by atoms with E-state index in [4.69, 9.17) is 13.9 Å². The Kier molecular flexibility index (Phi) is 5.43. The van der Waals surface area contributed by atoms with Gasteiger partial charge in [0.2, 0.25) is 0 Å². The Balaban J connectivity index is 1.91. The van der Waals surface area contributed by atoms with E-state index >= 15 is 0 Å². The molecule has 0 aliphatic carbocycles. The van der Waals surface area contributed by atoms with Gasteiger partial charge in [0.05, 0.1) is 35.2 Å². The van der Waals surface area contributed by atoms with Crippen LogP contribution in [-0.4, -0.2) is 23.6 Å². The van der Waals surface area contributed by atoms with Gasteiger partial charge in [-0.25, -0.2) is 9.79 Å². The maximum Gasteiger partial charge on any atom is 0.338 e. The first kappa shape index (κ1) is 20.5. The topological polar surface area (TPSA) is 100 Å². The molecule has 3 aromatic rings. The Morgan fingerprint density at radius 3 is 2.58 bits per heavy atom. The number of hydrogen-bond donors (Lipinski definition) is 0. The number of benzene rings is 1. The maximum absolute atomic E-state index is 13.3. The molecule has 31 heavy (non-hydrogen) atoms. The van der Waals surface area contributed by atoms with Gasteiger partial charge in [-0.05, 0) is 36.8 Å². The van der Waals surface area contributed by atoms with Gasteiger partial charge in [0.15, 0.2) is 4.80 Å². The third-order valence-electron chi connectivity index (χ3n) is 4.70. The van der Waals surface area contributed by atoms with E-state index in [1.165, 1.54) is 36.2 Å². The lowest BCUT2D eigenvalue weighted by Gasteiger charge is -2.24. The second-order valence-electron chi connectivity index (χ2n) is 6.75. The first-order chi connectivity index (χ1) is 14.9. The van der Waals surface area contributed by atoms with Crippen molar-refractivity contribution >= 4 is 29.4 Å². The summed E-state index contributed by atoms with van der Waals surface area (Å²) in [6.07, 6.45) is 3.16. The fraction of sp³-hybridized carbons (Fsp3) is 0.182. The molecule has 2 aromatic heterocycles. The molecular formula is C22H18N2O6S. The smallest absolute Gasteiger partial charge is 0.338 e. The Hall–Kier alpha value is -3.72. The number of ether oxygens (including phenoxy) is 2. The Morgan fingerprint density at radius 1 is 1.23 bits per heavy atom. The van der Waals surface area contributed by atoms with E-state index in [2.05, 4.69) is 4.99 Å². The summed E-state index contributed by atoms with van der Waals surface area (Å²) in [6, 6.07) is 9.36. The van der Waals surface area contributed by atoms with Gasteiger partial charge in [0, 0.05) is 13.0 Å². The molecule has 0 saturated carbocycles. The first-order valence-corrected chi connectivity index (χ1v) is 10.1. The van der Waals surface area contributed by atoms with E-state index < -0.39 is 18.0 Å². The molecule has 0 N–H and O–H groups in total. The van der Waals surface area contributed by atoms with Gasteiger partial charge in [-0.2, -0.15) is 0 Å². The van der Waals surface area contributed by atoms with Gasteiger partial charge in [-0.15, -0.1) is 0 Å². The molecule has 1 atom stereocenters. The van der Waals surface area contributed by atoms with E-state index in [9.17, 15) is 14.4 Å². The van der Waals surface area contributed by atoms with Crippen LogP contribution in [0.25, 0.3) is 6.08 Å². The summed E-state index contributed by atoms with van der Waals surface area (Å²) < 4.78 is 17.3. The number of carbonyl (C=O) groups excluding carboxylic acids is 2. The summed E-state index contributed by atoms with van der Waals surface area (Å²) >= 11 is 1.21. The molecule has 9 heteroatoms. The third kappa shape index (κ3) is 3.87. The van der Waals surface area contributed by atoms with Crippen molar-refractivity contribution in [2.24, 2.45) is 4.99 Å². The lowest BCUT2D eigenvalue weighted by molar-refractivity contribution is -0.136. The molecule has 0 amide bonds. The van der Waals surface area contributed by atoms with Gasteiger partial charge in [0.1, 0.15) is 11.5 Å². The third-order valence-corrected chi connectivity index (χ3v) is 5.68. The zero-order chi connectivity index (χ0) is 22.1. The summed E-state index contributed by atoms with van der Waals surface area (Å²) in [6.45, 7) is 3.02. The predicted molar refractivity (Wildman–Crippen MR) is 112 cm³/mol. The number of aromatic nitrogens is 1. The summed E-state index contributed by atoms with van der Waals surface area (Å²) in [4.78, 5) is 42.1. The lowest BCUT2D eigenvalue weighted by atomic mass is 9.96. The fourth-order valence-corrected chi connectivity index (χ4v) is 4.42. The fourth-order valence-electron chi connectivity index (χ4n) is 3.39. The van der Waals surface area contributed by atoms with E-state index in [-0.39, 0.29) is 11.1 Å². The highest BCUT2D eigenvalue weighted by atomic mass is 32.1. The highest BCUT2D eigenvalue weighted by Gasteiger charge is 2.33. The van der Waals surface area contributed by atoms with Crippen LogP contribution in [0.1, 0.15) is 31.2 Å². The van der Waals surface area contributed by atoms with E-state index in [1.54, 1.807) is 49.4 Å². The maximum atomic E-state index is 13.3. The van der Waals surface area contributed by atoms with Crippen LogP contribution in [0.15, 0.2) is 68.1 Å². The molecule has 4 rings (SSSR count). The van der Waals surface area contributed by atoms with Gasteiger partial charge in [0.25, 0.3) is 5.56 Å². The number of furan rings is 1. The molecular weight excluding hydrogens is 420 g/mol. The highest BCUT2D eigenvalue weighted by Crippen LogP contribution is 2.31. The van der Waals surface area contributed by atoms with Crippen LogP contribution in [0, 0.1) is 0 Å². The molecule has 0 bridgehead atoms. The van der Waals surface area contributed by atoms with E-state index in [0.717, 1.165) is 0 Å². The van der Waals surface area contributed by atoms with Crippen molar-refractivity contribution in [2.45, 2.75) is 19.9 Å². The molecule has 1 aliphatic heterocycles. The summed E-state index contributed by atoms with van der Waals surface area (Å²) in [7, 11) is 1.28. The van der Waals surface area contributed by atoms with Crippen LogP contribution >= 0.6 is 11.3 Å². The number of hydrogen-bond acceptors (Lipinski definition) is 8. The van der Waals surface area contributed by atoms with Crippen molar-refractivity contribution in [3.63, 3.8) is 0 Å². The Morgan fingerprint density at radius 2 is 1.97 bits per heavy atom. The number of fused-ring (bicyclic) bond motifs is 1. The molecule has 1 aliphatic rings. The number of allylic oxidation sites excluding steroid dienone is 1. The minimum Gasteiger partial charge on any atom is -0.466 e. The number of thiazole rings is 1. The van der Waals surface area contributed by atoms with Gasteiger partial charge >= 0.3 is 11.9 Å². The van der Waals surface area contributed by atoms with Crippen LogP contribution in [0.2, 0.25) is 0 Å². The largest absolute Gasteiger partial charge is 0.466 e. The zero-order valence-corrected chi connectivity index (χ0v) is 17.8. The predicted octanol–water partition coefficient (Wildman–Crippen LogP) is 1.93. The van der Waals surface area contributed by atoms with Crippen LogP contribution in [0.5, 0.6) is 5.75 Å². The number of rotatable bonds is 4. The van der Waals surface area contributed by atoms with Crippen molar-refractivity contribution in [1.82, 2.24) is 4.57 Å². The van der Waals surface area contributed by atoms with Crippen molar-refractivity contribution in [3.05, 3.63) is 84.9 Å². The Bertz CT molecular complexity index is 1360. The Labute approximate surface area is 180 Å². The number of esters is 2. The lowest BCUT2D eigenvalue weighted by Crippen LogP contribution is -2.39. The van der Waals surface area contributed by atoms with Crippen molar-refractivity contribution < 1.29 is 23.5 Å². The van der Waals surface area contributed by atoms with Gasteiger partial charge in [-0.1, -0.05) is 23.5 Å². The molecule has 1 unspecified atom stereocenters. The summed E-state index contributed by atoms with van der Waals surface area (Å²) in [5.74, 6) is -0.112. The highest BCUT2D eigenvalue weighted by molar-refractivity contribution is 7.07. The summed E-state index contributed by atoms with van der Waals surface area (Å²) in [5.41, 5.74) is 1.07. The van der Waals surface area contributed by atoms with Crippen LogP contribution < -0.4 is 19.6 Å². The molecule has 1 aromatic carbocycles. The minimum absolute atomic E-state index is 0.264. The van der Waals surface area contributed by atoms with E-state index in [0.29, 0.717) is 32.1 Å². The molecule has 0 saturated heterocycles. The number of nitrogens with zero attached hydrogens (tertiary/aromatic N) is 2. The van der Waals surface area contributed by atoms with Crippen LogP contribution in [0.4, 0.5) is 0 Å². The minimum atomic E-state index is -0.742. The first-order valence-electron chi connectivity index (χ1n) is 9.32. The van der Waals surface area contributed by atoms with Gasteiger partial charge in [-0.3, -0.25) is 14.2 Å². The molecule has 0 spiro atoms. The second-order valence-corrected chi connectivity index (χ2v) is 7.76. The zero-order valence-electron chi connectivity index (χ0n) is 16.9. The van der Waals surface area contributed by atoms with Crippen molar-refractivity contribution in [2.75, 3.05) is 7.11 Å². The number of methoxy groups -OCH3 is 1. The standard InChI is InChI=1S/C22H18N2O6S/c1-12-18(21(27)28-3)19(14-6-8-15(9-7-14)30-13(2)25)24-20(26)17(31-22(24)23-12)11-16-5-4-10-29-16/h4-11,19H,1-3H3/b17-11+. The average Bonchev–Trinajstić information content (AvgIpc) is 3.35. The van der Waals surface area contributed by atoms with Crippen LogP contribution in [-0.2, 0) is 14.3 Å².